The Balaban J connectivity index is 1.87. The van der Waals surface area contributed by atoms with Crippen molar-refractivity contribution in [2.75, 3.05) is 7.11 Å². The summed E-state index contributed by atoms with van der Waals surface area (Å²) in [5.74, 6) is -0.860. The van der Waals surface area contributed by atoms with Gasteiger partial charge >= 0.3 is 5.97 Å². The molecule has 3 aromatic rings. The first kappa shape index (κ1) is 22.6. The van der Waals surface area contributed by atoms with Gasteiger partial charge in [-0.25, -0.2) is 4.79 Å². The first-order chi connectivity index (χ1) is 15.4. The predicted molar refractivity (Wildman–Crippen MR) is 120 cm³/mol. The van der Waals surface area contributed by atoms with Crippen molar-refractivity contribution in [3.63, 3.8) is 0 Å². The number of nitriles is 1. The molecule has 32 heavy (non-hydrogen) atoms. The Kier molecular flexibility index (Phi) is 7.27. The molecule has 0 heterocycles. The van der Waals surface area contributed by atoms with Crippen LogP contribution >= 0.6 is 11.6 Å². The third-order valence-electron chi connectivity index (χ3n) is 4.52. The maximum atomic E-state index is 12.6. The lowest BCUT2D eigenvalue weighted by Gasteiger charge is -2.14. The number of carbonyl (C=O) groups is 2. The number of rotatable bonds is 8. The fourth-order valence-electron chi connectivity index (χ4n) is 2.97. The third kappa shape index (κ3) is 5.34. The van der Waals surface area contributed by atoms with Crippen LogP contribution < -0.4 is 9.47 Å². The van der Waals surface area contributed by atoms with Gasteiger partial charge in [0.1, 0.15) is 18.2 Å². The van der Waals surface area contributed by atoms with Gasteiger partial charge < -0.3 is 14.6 Å². The summed E-state index contributed by atoms with van der Waals surface area (Å²) in [5.41, 5.74) is 1.65. The average molecular weight is 448 g/mol. The van der Waals surface area contributed by atoms with Crippen molar-refractivity contribution in [2.24, 2.45) is 0 Å². The van der Waals surface area contributed by atoms with Crippen LogP contribution in [-0.4, -0.2) is 24.0 Å². The molecule has 160 valence electrons. The second-order valence-corrected chi connectivity index (χ2v) is 7.10. The van der Waals surface area contributed by atoms with Gasteiger partial charge in [-0.1, -0.05) is 54.1 Å². The lowest BCUT2D eigenvalue weighted by Crippen LogP contribution is -2.02. The second kappa shape index (κ2) is 10.3. The number of carboxylic acids is 1. The van der Waals surface area contributed by atoms with Crippen LogP contribution in [0.4, 0.5) is 0 Å². The minimum absolute atomic E-state index is 0.0477. The predicted octanol–water partition coefficient (Wildman–Crippen LogP) is 5.42. The molecule has 1 N–H and O–H groups in total. The number of hydrogen-bond acceptors (Lipinski definition) is 5. The largest absolute Gasteiger partial charge is 0.493 e. The zero-order valence-corrected chi connectivity index (χ0v) is 17.8. The Morgan fingerprint density at radius 2 is 1.78 bits per heavy atom. The van der Waals surface area contributed by atoms with E-state index in [9.17, 15) is 14.9 Å². The van der Waals surface area contributed by atoms with Crippen LogP contribution in [-0.2, 0) is 6.61 Å². The molecule has 0 saturated heterocycles. The summed E-state index contributed by atoms with van der Waals surface area (Å²) in [5, 5.41) is 18.8. The van der Waals surface area contributed by atoms with Gasteiger partial charge in [0.15, 0.2) is 11.5 Å². The quantitative estimate of drug-likeness (QED) is 0.281. The van der Waals surface area contributed by atoms with Gasteiger partial charge in [-0.15, -0.1) is 0 Å². The summed E-state index contributed by atoms with van der Waals surface area (Å²) in [6, 6.07) is 20.0. The number of aromatic carboxylic acids is 1. The van der Waals surface area contributed by atoms with Gasteiger partial charge in [-0.2, -0.15) is 5.26 Å². The zero-order valence-electron chi connectivity index (χ0n) is 17.0. The molecule has 3 aromatic carbocycles. The van der Waals surface area contributed by atoms with Crippen molar-refractivity contribution in [3.8, 4) is 17.6 Å². The van der Waals surface area contributed by atoms with Gasteiger partial charge in [0.2, 0.25) is 5.78 Å². The SMILES string of the molecule is COc1cc(/C=C(\C#N)C(=O)c2ccccc2)cc(Cl)c1OCc1cccc(C(=O)O)c1. The normalized spacial score (nSPS) is 10.8. The topological polar surface area (TPSA) is 96.6 Å². The van der Waals surface area contributed by atoms with Gasteiger partial charge in [-0.3, -0.25) is 4.79 Å². The number of benzene rings is 3. The molecule has 3 rings (SSSR count). The van der Waals surface area contributed by atoms with E-state index >= 15 is 0 Å². The Labute approximate surface area is 189 Å². The minimum atomic E-state index is -1.03. The molecule has 0 fully saturated rings. The highest BCUT2D eigenvalue weighted by Gasteiger charge is 2.15. The zero-order chi connectivity index (χ0) is 23.1. The fourth-order valence-corrected chi connectivity index (χ4v) is 3.25. The van der Waals surface area contributed by atoms with Crippen molar-refractivity contribution < 1.29 is 24.2 Å². The summed E-state index contributed by atoms with van der Waals surface area (Å²) in [6.45, 7) is 0.0718. The van der Waals surface area contributed by atoms with E-state index in [4.69, 9.17) is 26.2 Å². The smallest absolute Gasteiger partial charge is 0.335 e. The number of ether oxygens (including phenoxy) is 2. The molecule has 0 bridgehead atoms. The lowest BCUT2D eigenvalue weighted by molar-refractivity contribution is 0.0696. The van der Waals surface area contributed by atoms with E-state index in [1.807, 2.05) is 6.07 Å². The number of Topliss-reactive ketones (excluding diaryl/α,β-unsaturated/α-hetero) is 1. The highest BCUT2D eigenvalue weighted by molar-refractivity contribution is 6.32. The molecule has 0 spiro atoms. The van der Waals surface area contributed by atoms with E-state index in [0.717, 1.165) is 0 Å². The van der Waals surface area contributed by atoms with Crippen molar-refractivity contribution in [1.29, 1.82) is 5.26 Å². The van der Waals surface area contributed by atoms with E-state index in [1.165, 1.54) is 25.3 Å². The van der Waals surface area contributed by atoms with E-state index in [2.05, 4.69) is 0 Å². The van der Waals surface area contributed by atoms with E-state index in [0.29, 0.717) is 22.4 Å². The van der Waals surface area contributed by atoms with Crippen molar-refractivity contribution in [2.45, 2.75) is 6.61 Å². The molecule has 0 aliphatic carbocycles. The molecule has 0 atom stereocenters. The van der Waals surface area contributed by atoms with E-state index < -0.39 is 11.8 Å². The summed E-state index contributed by atoms with van der Waals surface area (Å²) in [7, 11) is 1.44. The highest BCUT2D eigenvalue weighted by atomic mass is 35.5. The average Bonchev–Trinajstić information content (AvgIpc) is 2.81. The maximum Gasteiger partial charge on any atom is 0.335 e. The second-order valence-electron chi connectivity index (χ2n) is 6.69. The van der Waals surface area contributed by atoms with Crippen molar-refractivity contribution in [3.05, 3.63) is 99.6 Å². The van der Waals surface area contributed by atoms with Crippen LogP contribution in [0.3, 0.4) is 0 Å². The molecule has 0 aliphatic heterocycles. The number of nitrogens with zero attached hydrogens (tertiary/aromatic N) is 1. The number of halogens is 1. The monoisotopic (exact) mass is 447 g/mol. The Morgan fingerprint density at radius 3 is 2.44 bits per heavy atom. The lowest BCUT2D eigenvalue weighted by atomic mass is 10.0. The van der Waals surface area contributed by atoms with Gasteiger partial charge in [-0.05, 0) is 41.5 Å². The van der Waals surface area contributed by atoms with Crippen LogP contribution in [0.1, 0.15) is 31.8 Å². The van der Waals surface area contributed by atoms with Crippen LogP contribution in [0.15, 0.2) is 72.3 Å². The van der Waals surface area contributed by atoms with E-state index in [-0.39, 0.29) is 28.5 Å². The number of carboxylic acid groups (broad SMARTS) is 1. The standard InChI is InChI=1S/C25H18ClNO5/c1-31-22-13-17(11-20(14-27)23(28)18-7-3-2-4-8-18)12-21(26)24(22)32-15-16-6-5-9-19(10-16)25(29)30/h2-13H,15H2,1H3,(H,29,30)/b20-11+. The third-order valence-corrected chi connectivity index (χ3v) is 4.80. The van der Waals surface area contributed by atoms with Crippen molar-refractivity contribution >= 4 is 29.4 Å². The summed E-state index contributed by atoms with van der Waals surface area (Å²) >= 11 is 6.39. The number of methoxy groups -OCH3 is 1. The van der Waals surface area contributed by atoms with Crippen LogP contribution in [0, 0.1) is 11.3 Å². The summed E-state index contributed by atoms with van der Waals surface area (Å²) in [6.07, 6.45) is 1.43. The molecule has 0 amide bonds. The van der Waals surface area contributed by atoms with Crippen molar-refractivity contribution in [1.82, 2.24) is 0 Å². The molecular formula is C25H18ClNO5. The number of ketones is 1. The molecule has 0 saturated carbocycles. The van der Waals surface area contributed by atoms with Gasteiger partial charge in [0, 0.05) is 5.56 Å². The Morgan fingerprint density at radius 1 is 1.06 bits per heavy atom. The van der Waals surface area contributed by atoms with E-state index in [1.54, 1.807) is 54.6 Å². The van der Waals surface area contributed by atoms with Gasteiger partial charge in [0.25, 0.3) is 0 Å². The van der Waals surface area contributed by atoms with Crippen LogP contribution in [0.25, 0.3) is 6.08 Å². The molecule has 0 radical (unpaired) electrons. The highest BCUT2D eigenvalue weighted by Crippen LogP contribution is 2.37. The first-order valence-electron chi connectivity index (χ1n) is 9.47. The van der Waals surface area contributed by atoms with Gasteiger partial charge in [0.05, 0.1) is 17.7 Å². The number of carbonyl (C=O) groups excluding carboxylic acids is 1. The molecule has 6 nitrogen and oxygen atoms in total. The molecule has 0 unspecified atom stereocenters. The molecular weight excluding hydrogens is 430 g/mol. The van der Waals surface area contributed by atoms with Crippen LogP contribution in [0.2, 0.25) is 5.02 Å². The first-order valence-corrected chi connectivity index (χ1v) is 9.85. The summed E-state index contributed by atoms with van der Waals surface area (Å²) in [4.78, 5) is 23.7. The van der Waals surface area contributed by atoms with Crippen LogP contribution in [0.5, 0.6) is 11.5 Å². The molecule has 0 aromatic heterocycles. The summed E-state index contributed by atoms with van der Waals surface area (Å²) < 4.78 is 11.2. The number of hydrogen-bond donors (Lipinski definition) is 1. The Hall–Kier alpha value is -4.08. The maximum absolute atomic E-state index is 12.6. The fraction of sp³-hybridized carbons (Fsp3) is 0.0800. The molecule has 0 aliphatic rings. The number of allylic oxidation sites excluding steroid dienone is 1. The molecule has 7 heteroatoms. The minimum Gasteiger partial charge on any atom is -0.493 e. The Bertz CT molecular complexity index is 1230.